The maximum absolute atomic E-state index is 10.7. The van der Waals surface area contributed by atoms with Gasteiger partial charge >= 0.3 is 5.97 Å². The van der Waals surface area contributed by atoms with E-state index in [2.05, 4.69) is 12.0 Å². The third kappa shape index (κ3) is 2.03. The summed E-state index contributed by atoms with van der Waals surface area (Å²) in [4.78, 5) is 10.7. The van der Waals surface area contributed by atoms with Gasteiger partial charge in [-0.1, -0.05) is 19.8 Å². The second-order valence-corrected chi connectivity index (χ2v) is 4.34. The van der Waals surface area contributed by atoms with Crippen molar-refractivity contribution in [3.8, 4) is 0 Å². The van der Waals surface area contributed by atoms with Crippen LogP contribution in [-0.2, 0) is 0 Å². The summed E-state index contributed by atoms with van der Waals surface area (Å²) < 4.78 is 1.83. The molecule has 4 nitrogen and oxygen atoms in total. The fraction of sp³-hybridized carbons (Fsp3) is 0.636. The van der Waals surface area contributed by atoms with Crippen molar-refractivity contribution in [2.45, 2.75) is 38.6 Å². The van der Waals surface area contributed by atoms with Gasteiger partial charge in [-0.15, -0.1) is 0 Å². The Morgan fingerprint density at radius 2 is 2.27 bits per heavy atom. The average Bonchev–Trinajstić information content (AvgIpc) is 2.67. The monoisotopic (exact) mass is 208 g/mol. The minimum atomic E-state index is -0.898. The molecule has 1 aromatic heterocycles. The van der Waals surface area contributed by atoms with Gasteiger partial charge in [-0.25, -0.2) is 4.79 Å². The Morgan fingerprint density at radius 1 is 1.53 bits per heavy atom. The second-order valence-electron chi connectivity index (χ2n) is 4.34. The molecule has 0 aliphatic heterocycles. The molecule has 0 unspecified atom stereocenters. The number of nitrogens with zero attached hydrogens (tertiary/aromatic N) is 2. The maximum atomic E-state index is 10.7. The zero-order valence-corrected chi connectivity index (χ0v) is 8.89. The molecule has 1 heterocycles. The van der Waals surface area contributed by atoms with Gasteiger partial charge in [0.2, 0.25) is 0 Å². The molecule has 0 amide bonds. The van der Waals surface area contributed by atoms with E-state index in [1.54, 1.807) is 6.20 Å². The second kappa shape index (κ2) is 4.04. The Morgan fingerprint density at radius 3 is 2.87 bits per heavy atom. The number of aromatic nitrogens is 2. The third-order valence-electron chi connectivity index (χ3n) is 3.25. The predicted molar refractivity (Wildman–Crippen MR) is 55.9 cm³/mol. The summed E-state index contributed by atoms with van der Waals surface area (Å²) in [6.45, 7) is 2.21. The Kier molecular flexibility index (Phi) is 2.75. The molecule has 0 saturated heterocycles. The van der Waals surface area contributed by atoms with Crippen LogP contribution in [0.25, 0.3) is 0 Å². The first-order valence-electron chi connectivity index (χ1n) is 5.46. The van der Waals surface area contributed by atoms with Crippen LogP contribution in [-0.4, -0.2) is 20.9 Å². The summed E-state index contributed by atoms with van der Waals surface area (Å²) in [6.07, 6.45) is 7.91. The zero-order valence-electron chi connectivity index (χ0n) is 8.89. The van der Waals surface area contributed by atoms with E-state index in [0.717, 1.165) is 6.42 Å². The average molecular weight is 208 g/mol. The molecule has 1 N–H and O–H groups in total. The number of carboxylic acid groups (broad SMARTS) is 1. The van der Waals surface area contributed by atoms with Gasteiger partial charge in [-0.3, -0.25) is 4.68 Å². The molecule has 2 atom stereocenters. The first-order chi connectivity index (χ1) is 7.18. The van der Waals surface area contributed by atoms with Crippen molar-refractivity contribution in [3.05, 3.63) is 18.0 Å². The van der Waals surface area contributed by atoms with E-state index >= 15 is 0 Å². The van der Waals surface area contributed by atoms with Crippen LogP contribution in [0.3, 0.4) is 0 Å². The molecule has 1 fully saturated rings. The molecule has 4 heteroatoms. The molecule has 1 aromatic rings. The van der Waals surface area contributed by atoms with Crippen LogP contribution in [0.15, 0.2) is 12.4 Å². The van der Waals surface area contributed by atoms with Crippen LogP contribution in [0.5, 0.6) is 0 Å². The van der Waals surface area contributed by atoms with Gasteiger partial charge in [0.25, 0.3) is 0 Å². The van der Waals surface area contributed by atoms with Crippen molar-refractivity contribution in [1.82, 2.24) is 9.78 Å². The van der Waals surface area contributed by atoms with Crippen LogP contribution in [0, 0.1) is 5.92 Å². The number of hydrogen-bond acceptors (Lipinski definition) is 2. The molecule has 0 spiro atoms. The van der Waals surface area contributed by atoms with Gasteiger partial charge in [0.05, 0.1) is 17.8 Å². The van der Waals surface area contributed by atoms with Gasteiger partial charge in [0, 0.05) is 6.20 Å². The number of aromatic carboxylic acids is 1. The number of hydrogen-bond donors (Lipinski definition) is 1. The van der Waals surface area contributed by atoms with Gasteiger partial charge in [0.15, 0.2) is 0 Å². The van der Waals surface area contributed by atoms with Crippen molar-refractivity contribution in [1.29, 1.82) is 0 Å². The van der Waals surface area contributed by atoms with Crippen LogP contribution in [0.4, 0.5) is 0 Å². The third-order valence-corrected chi connectivity index (χ3v) is 3.25. The summed E-state index contributed by atoms with van der Waals surface area (Å²) in [5.41, 5.74) is 0.285. The van der Waals surface area contributed by atoms with Crippen molar-refractivity contribution in [3.63, 3.8) is 0 Å². The SMILES string of the molecule is C[C@@H]1CCCC[C@@H]1n1cc(C(=O)O)cn1. The highest BCUT2D eigenvalue weighted by atomic mass is 16.4. The highest BCUT2D eigenvalue weighted by molar-refractivity contribution is 5.86. The first kappa shape index (κ1) is 10.2. The summed E-state index contributed by atoms with van der Waals surface area (Å²) in [5.74, 6) is -0.301. The van der Waals surface area contributed by atoms with Gasteiger partial charge < -0.3 is 5.11 Å². The molecule has 82 valence electrons. The fourth-order valence-corrected chi connectivity index (χ4v) is 2.32. The quantitative estimate of drug-likeness (QED) is 0.811. The Balaban J connectivity index is 2.17. The largest absolute Gasteiger partial charge is 0.478 e. The minimum Gasteiger partial charge on any atom is -0.478 e. The molecule has 15 heavy (non-hydrogen) atoms. The summed E-state index contributed by atoms with van der Waals surface area (Å²) in [5, 5.41) is 13.0. The van der Waals surface area contributed by atoms with E-state index in [4.69, 9.17) is 5.11 Å². The standard InChI is InChI=1S/C11H16N2O2/c1-8-4-2-3-5-10(8)13-7-9(6-12-13)11(14)15/h6-8,10H,2-5H2,1H3,(H,14,15)/t8-,10+/m1/s1. The summed E-state index contributed by atoms with van der Waals surface area (Å²) >= 11 is 0. The van der Waals surface area contributed by atoms with E-state index in [1.807, 2.05) is 4.68 Å². The first-order valence-corrected chi connectivity index (χ1v) is 5.46. The Bertz CT molecular complexity index is 359. The van der Waals surface area contributed by atoms with Crippen molar-refractivity contribution < 1.29 is 9.90 Å². The Hall–Kier alpha value is -1.32. The van der Waals surface area contributed by atoms with E-state index in [9.17, 15) is 4.79 Å². The fourth-order valence-electron chi connectivity index (χ4n) is 2.32. The number of carboxylic acids is 1. The number of rotatable bonds is 2. The molecule has 1 saturated carbocycles. The lowest BCUT2D eigenvalue weighted by Crippen LogP contribution is -2.21. The van der Waals surface area contributed by atoms with E-state index < -0.39 is 5.97 Å². The molecule has 0 aromatic carbocycles. The van der Waals surface area contributed by atoms with Crippen LogP contribution >= 0.6 is 0 Å². The van der Waals surface area contributed by atoms with Gasteiger partial charge in [-0.2, -0.15) is 5.10 Å². The van der Waals surface area contributed by atoms with Crippen LogP contribution in [0.2, 0.25) is 0 Å². The highest BCUT2D eigenvalue weighted by Crippen LogP contribution is 2.32. The van der Waals surface area contributed by atoms with Gasteiger partial charge in [0.1, 0.15) is 0 Å². The molecular weight excluding hydrogens is 192 g/mol. The van der Waals surface area contributed by atoms with Crippen molar-refractivity contribution in [2.24, 2.45) is 5.92 Å². The maximum Gasteiger partial charge on any atom is 0.338 e. The Labute approximate surface area is 88.9 Å². The zero-order chi connectivity index (χ0) is 10.8. The van der Waals surface area contributed by atoms with Gasteiger partial charge in [-0.05, 0) is 18.8 Å². The van der Waals surface area contributed by atoms with Crippen molar-refractivity contribution in [2.75, 3.05) is 0 Å². The predicted octanol–water partition coefficient (Wildman–Crippen LogP) is 2.33. The summed E-state index contributed by atoms with van der Waals surface area (Å²) in [6, 6.07) is 0.381. The smallest absolute Gasteiger partial charge is 0.338 e. The lowest BCUT2D eigenvalue weighted by molar-refractivity contribution is 0.0696. The van der Waals surface area contributed by atoms with Crippen LogP contribution < -0.4 is 0 Å². The highest BCUT2D eigenvalue weighted by Gasteiger charge is 2.23. The molecule has 2 rings (SSSR count). The summed E-state index contributed by atoms with van der Waals surface area (Å²) in [7, 11) is 0. The molecule has 1 aliphatic rings. The normalized spacial score (nSPS) is 26.5. The van der Waals surface area contributed by atoms with Crippen molar-refractivity contribution >= 4 is 5.97 Å². The number of carbonyl (C=O) groups is 1. The molecular formula is C11H16N2O2. The minimum absolute atomic E-state index is 0.285. The molecule has 1 aliphatic carbocycles. The van der Waals surface area contributed by atoms with E-state index in [0.29, 0.717) is 12.0 Å². The van der Waals surface area contributed by atoms with E-state index in [1.165, 1.54) is 25.5 Å². The topological polar surface area (TPSA) is 55.1 Å². The molecule has 0 radical (unpaired) electrons. The lowest BCUT2D eigenvalue weighted by atomic mass is 9.86. The van der Waals surface area contributed by atoms with Crippen LogP contribution in [0.1, 0.15) is 49.0 Å². The lowest BCUT2D eigenvalue weighted by Gasteiger charge is -2.28. The van der Waals surface area contributed by atoms with E-state index in [-0.39, 0.29) is 5.56 Å². The molecule has 0 bridgehead atoms.